The summed E-state index contributed by atoms with van der Waals surface area (Å²) in [7, 11) is 1.63. The van der Waals surface area contributed by atoms with Crippen molar-refractivity contribution in [3.8, 4) is 11.4 Å². The molecular formula is C20H19N3O2S. The van der Waals surface area contributed by atoms with Crippen LogP contribution in [0, 0.1) is 0 Å². The number of aromatic nitrogens is 1. The Morgan fingerprint density at radius 1 is 1.15 bits per heavy atom. The van der Waals surface area contributed by atoms with Crippen LogP contribution in [0.25, 0.3) is 5.69 Å². The van der Waals surface area contributed by atoms with Crippen LogP contribution in [0.2, 0.25) is 0 Å². The van der Waals surface area contributed by atoms with Crippen molar-refractivity contribution in [3.05, 3.63) is 78.6 Å². The molecule has 0 unspecified atom stereocenters. The maximum absolute atomic E-state index is 11.9. The number of benzene rings is 2. The van der Waals surface area contributed by atoms with Gasteiger partial charge in [0.2, 0.25) is 5.91 Å². The number of carbonyl (C=O) groups is 1. The Hall–Kier alpha value is -2.99. The standard InChI is InChI=1S/C20H19N3O2S/c1-25-18-7-9-19(10-8-18)26-15-20(24)22-21-13-16-11-12-23(14-16)17-5-3-2-4-6-17/h2-14H,15H2,1H3,(H,22,24)/b21-13+. The van der Waals surface area contributed by atoms with Gasteiger partial charge in [-0.3, -0.25) is 4.79 Å². The summed E-state index contributed by atoms with van der Waals surface area (Å²) in [4.78, 5) is 12.9. The van der Waals surface area contributed by atoms with E-state index in [1.807, 2.05) is 77.6 Å². The van der Waals surface area contributed by atoms with Crippen LogP contribution >= 0.6 is 11.8 Å². The van der Waals surface area contributed by atoms with Gasteiger partial charge < -0.3 is 9.30 Å². The van der Waals surface area contributed by atoms with Gasteiger partial charge in [-0.1, -0.05) is 18.2 Å². The molecule has 0 aliphatic carbocycles. The summed E-state index contributed by atoms with van der Waals surface area (Å²) in [5.41, 5.74) is 4.54. The molecular weight excluding hydrogens is 346 g/mol. The zero-order valence-corrected chi connectivity index (χ0v) is 15.1. The molecule has 1 N–H and O–H groups in total. The monoisotopic (exact) mass is 365 g/mol. The van der Waals surface area contributed by atoms with Crippen LogP contribution in [-0.4, -0.2) is 29.6 Å². The number of hydrogen-bond donors (Lipinski definition) is 1. The summed E-state index contributed by atoms with van der Waals surface area (Å²) in [6.07, 6.45) is 5.55. The molecule has 3 rings (SSSR count). The summed E-state index contributed by atoms with van der Waals surface area (Å²) in [5, 5.41) is 4.02. The first kappa shape index (κ1) is 17.8. The molecule has 5 nitrogen and oxygen atoms in total. The second-order valence-corrected chi connectivity index (χ2v) is 6.49. The molecule has 1 amide bonds. The highest BCUT2D eigenvalue weighted by Crippen LogP contribution is 2.20. The van der Waals surface area contributed by atoms with Gasteiger partial charge in [-0.25, -0.2) is 5.43 Å². The number of para-hydroxylation sites is 1. The van der Waals surface area contributed by atoms with E-state index < -0.39 is 0 Å². The van der Waals surface area contributed by atoms with Gasteiger partial charge in [0.25, 0.3) is 0 Å². The molecule has 1 aromatic heterocycles. The smallest absolute Gasteiger partial charge is 0.250 e. The highest BCUT2D eigenvalue weighted by atomic mass is 32.2. The molecule has 0 spiro atoms. The number of hydrazone groups is 1. The van der Waals surface area contributed by atoms with Gasteiger partial charge in [-0.15, -0.1) is 11.8 Å². The van der Waals surface area contributed by atoms with Gasteiger partial charge in [0.15, 0.2) is 0 Å². The first-order valence-corrected chi connectivity index (χ1v) is 9.05. The van der Waals surface area contributed by atoms with E-state index in [9.17, 15) is 4.79 Å². The third-order valence-electron chi connectivity index (χ3n) is 3.60. The van der Waals surface area contributed by atoms with E-state index in [0.717, 1.165) is 21.9 Å². The Kier molecular flexibility index (Phi) is 6.11. The fourth-order valence-electron chi connectivity index (χ4n) is 2.28. The lowest BCUT2D eigenvalue weighted by Gasteiger charge is -2.02. The van der Waals surface area contributed by atoms with Crippen molar-refractivity contribution < 1.29 is 9.53 Å². The average Bonchev–Trinajstić information content (AvgIpc) is 3.16. The molecule has 0 radical (unpaired) electrons. The highest BCUT2D eigenvalue weighted by Gasteiger charge is 2.02. The van der Waals surface area contributed by atoms with Crippen molar-refractivity contribution in [1.82, 2.24) is 9.99 Å². The summed E-state index contributed by atoms with van der Waals surface area (Å²) in [6, 6.07) is 19.5. The van der Waals surface area contributed by atoms with E-state index in [2.05, 4.69) is 10.5 Å². The Morgan fingerprint density at radius 3 is 2.65 bits per heavy atom. The molecule has 0 bridgehead atoms. The first-order valence-electron chi connectivity index (χ1n) is 8.07. The Balaban J connectivity index is 1.47. The van der Waals surface area contributed by atoms with Crippen LogP contribution in [0.15, 0.2) is 83.1 Å². The van der Waals surface area contributed by atoms with Crippen LogP contribution in [0.3, 0.4) is 0 Å². The molecule has 0 aliphatic heterocycles. The molecule has 6 heteroatoms. The van der Waals surface area contributed by atoms with Gasteiger partial charge in [0.05, 0.1) is 19.1 Å². The van der Waals surface area contributed by atoms with Crippen molar-refractivity contribution in [2.24, 2.45) is 5.10 Å². The SMILES string of the molecule is COc1ccc(SCC(=O)N/N=C/c2ccn(-c3ccccc3)c2)cc1. The summed E-state index contributed by atoms with van der Waals surface area (Å²) in [6.45, 7) is 0. The first-order chi connectivity index (χ1) is 12.7. The van der Waals surface area contributed by atoms with E-state index >= 15 is 0 Å². The van der Waals surface area contributed by atoms with Gasteiger partial charge in [0.1, 0.15) is 5.75 Å². The number of methoxy groups -OCH3 is 1. The minimum atomic E-state index is -0.149. The molecule has 0 atom stereocenters. The maximum atomic E-state index is 11.9. The molecule has 3 aromatic rings. The lowest BCUT2D eigenvalue weighted by Crippen LogP contribution is -2.19. The Morgan fingerprint density at radius 2 is 1.92 bits per heavy atom. The summed E-state index contributed by atoms with van der Waals surface area (Å²) >= 11 is 1.45. The average molecular weight is 365 g/mol. The molecule has 0 saturated carbocycles. The lowest BCUT2D eigenvalue weighted by molar-refractivity contribution is -0.118. The fourth-order valence-corrected chi connectivity index (χ4v) is 2.97. The molecule has 0 saturated heterocycles. The molecule has 132 valence electrons. The van der Waals surface area contributed by atoms with E-state index in [1.54, 1.807) is 13.3 Å². The maximum Gasteiger partial charge on any atom is 0.250 e. The number of thioether (sulfide) groups is 1. The number of ether oxygens (including phenoxy) is 1. The van der Waals surface area contributed by atoms with Gasteiger partial charge in [-0.05, 0) is 42.5 Å². The van der Waals surface area contributed by atoms with Gasteiger partial charge in [-0.2, -0.15) is 5.10 Å². The number of nitrogens with zero attached hydrogens (tertiary/aromatic N) is 2. The Bertz CT molecular complexity index is 874. The van der Waals surface area contributed by atoms with Crippen LogP contribution in [0.4, 0.5) is 0 Å². The van der Waals surface area contributed by atoms with Gasteiger partial charge in [0, 0.05) is 28.5 Å². The van der Waals surface area contributed by atoms with Crippen molar-refractivity contribution >= 4 is 23.9 Å². The van der Waals surface area contributed by atoms with E-state index in [-0.39, 0.29) is 5.91 Å². The van der Waals surface area contributed by atoms with Gasteiger partial charge >= 0.3 is 0 Å². The molecule has 2 aromatic carbocycles. The number of carbonyl (C=O) groups excluding carboxylic acids is 1. The topological polar surface area (TPSA) is 55.6 Å². The molecule has 0 aliphatic rings. The normalized spacial score (nSPS) is 10.8. The third kappa shape index (κ3) is 5.00. The quantitative estimate of drug-likeness (QED) is 0.394. The fraction of sp³-hybridized carbons (Fsp3) is 0.100. The number of nitrogens with one attached hydrogen (secondary N) is 1. The van der Waals surface area contributed by atoms with Crippen LogP contribution < -0.4 is 10.2 Å². The molecule has 1 heterocycles. The van der Waals surface area contributed by atoms with Crippen molar-refractivity contribution in [2.75, 3.05) is 12.9 Å². The van der Waals surface area contributed by atoms with E-state index in [1.165, 1.54) is 11.8 Å². The highest BCUT2D eigenvalue weighted by molar-refractivity contribution is 8.00. The zero-order valence-electron chi connectivity index (χ0n) is 14.3. The second-order valence-electron chi connectivity index (χ2n) is 5.45. The Labute approximate surface area is 156 Å². The van der Waals surface area contributed by atoms with Crippen LogP contribution in [0.1, 0.15) is 5.56 Å². The number of hydrogen-bond acceptors (Lipinski definition) is 4. The molecule has 26 heavy (non-hydrogen) atoms. The van der Waals surface area contributed by atoms with Crippen LogP contribution in [-0.2, 0) is 4.79 Å². The second kappa shape index (κ2) is 8.92. The van der Waals surface area contributed by atoms with Crippen molar-refractivity contribution in [3.63, 3.8) is 0 Å². The summed E-state index contributed by atoms with van der Waals surface area (Å²) in [5.74, 6) is 0.949. The number of rotatable bonds is 7. The van der Waals surface area contributed by atoms with E-state index in [4.69, 9.17) is 4.74 Å². The molecule has 0 fully saturated rings. The van der Waals surface area contributed by atoms with E-state index in [0.29, 0.717) is 5.75 Å². The lowest BCUT2D eigenvalue weighted by atomic mass is 10.3. The largest absolute Gasteiger partial charge is 0.497 e. The number of amides is 1. The third-order valence-corrected chi connectivity index (χ3v) is 4.61. The van der Waals surface area contributed by atoms with Crippen molar-refractivity contribution in [1.29, 1.82) is 0 Å². The predicted molar refractivity (Wildman–Crippen MR) is 105 cm³/mol. The predicted octanol–water partition coefficient (Wildman–Crippen LogP) is 3.73. The van der Waals surface area contributed by atoms with Crippen molar-refractivity contribution in [2.45, 2.75) is 4.90 Å². The van der Waals surface area contributed by atoms with Crippen LogP contribution in [0.5, 0.6) is 5.75 Å². The minimum absolute atomic E-state index is 0.149. The summed E-state index contributed by atoms with van der Waals surface area (Å²) < 4.78 is 7.11. The minimum Gasteiger partial charge on any atom is -0.497 e. The zero-order chi connectivity index (χ0) is 18.2.